The Balaban J connectivity index is 1.53. The van der Waals surface area contributed by atoms with Crippen LogP contribution >= 0.6 is 23.2 Å². The Morgan fingerprint density at radius 1 is 1.19 bits per heavy atom. The highest BCUT2D eigenvalue weighted by Gasteiger charge is 2.29. The fourth-order valence-corrected chi connectivity index (χ4v) is 3.70. The molecule has 0 saturated heterocycles. The van der Waals surface area contributed by atoms with Crippen LogP contribution in [-0.4, -0.2) is 38.3 Å². The molecule has 0 unspecified atom stereocenters. The number of benzene rings is 1. The first-order valence-corrected chi connectivity index (χ1v) is 11.1. The summed E-state index contributed by atoms with van der Waals surface area (Å²) in [5, 5.41) is 18.9. The van der Waals surface area contributed by atoms with E-state index in [9.17, 15) is 4.79 Å². The minimum absolute atomic E-state index is 0.000518. The lowest BCUT2D eigenvalue weighted by Gasteiger charge is -2.16. The SMILES string of the molecule is CC(C)n1cc(CC[C@H]2CN(c3ccc(Cl)c(Cl)c3)N=C2NC(=O)c2ccncc2)nn1. The Kier molecular flexibility index (Phi) is 6.72. The predicted octanol–water partition coefficient (Wildman–Crippen LogP) is 4.37. The summed E-state index contributed by atoms with van der Waals surface area (Å²) in [5.41, 5.74) is 2.24. The lowest BCUT2D eigenvalue weighted by Crippen LogP contribution is -2.35. The number of halogens is 2. The van der Waals surface area contributed by atoms with Crippen molar-refractivity contribution in [3.8, 4) is 0 Å². The molecule has 3 aromatic rings. The number of amides is 1. The lowest BCUT2D eigenvalue weighted by molar-refractivity contribution is 0.0975. The molecule has 3 heterocycles. The number of carbonyl (C=O) groups excluding carboxylic acids is 1. The number of hydrazone groups is 1. The van der Waals surface area contributed by atoms with Crippen LogP contribution in [0, 0.1) is 5.92 Å². The average Bonchev–Trinajstić information content (AvgIpc) is 3.42. The van der Waals surface area contributed by atoms with Gasteiger partial charge in [-0.15, -0.1) is 5.10 Å². The maximum absolute atomic E-state index is 12.7. The summed E-state index contributed by atoms with van der Waals surface area (Å²) in [6, 6.07) is 8.95. The number of hydrogen-bond donors (Lipinski definition) is 1. The second-order valence-electron chi connectivity index (χ2n) is 7.88. The summed E-state index contributed by atoms with van der Waals surface area (Å²) >= 11 is 12.3. The molecule has 166 valence electrons. The zero-order chi connectivity index (χ0) is 22.7. The van der Waals surface area contributed by atoms with Gasteiger partial charge >= 0.3 is 0 Å². The molecule has 8 nitrogen and oxygen atoms in total. The van der Waals surface area contributed by atoms with Gasteiger partial charge in [0.05, 0.1) is 28.0 Å². The molecule has 1 N–H and O–H groups in total. The zero-order valence-electron chi connectivity index (χ0n) is 17.7. The van der Waals surface area contributed by atoms with Crippen LogP contribution in [-0.2, 0) is 6.42 Å². The monoisotopic (exact) mass is 471 g/mol. The maximum Gasteiger partial charge on any atom is 0.256 e. The van der Waals surface area contributed by atoms with Gasteiger partial charge in [0.2, 0.25) is 0 Å². The summed E-state index contributed by atoms with van der Waals surface area (Å²) < 4.78 is 1.84. The van der Waals surface area contributed by atoms with Crippen LogP contribution in [0.3, 0.4) is 0 Å². The first-order valence-electron chi connectivity index (χ1n) is 10.3. The molecule has 32 heavy (non-hydrogen) atoms. The lowest BCUT2D eigenvalue weighted by atomic mass is 10.0. The van der Waals surface area contributed by atoms with Crippen LogP contribution in [0.15, 0.2) is 54.0 Å². The minimum atomic E-state index is -0.224. The molecule has 0 aliphatic carbocycles. The van der Waals surface area contributed by atoms with E-state index in [1.165, 1.54) is 0 Å². The Hall–Kier alpha value is -2.97. The number of aromatic nitrogens is 4. The highest BCUT2D eigenvalue weighted by molar-refractivity contribution is 6.42. The molecule has 1 aliphatic heterocycles. The summed E-state index contributed by atoms with van der Waals surface area (Å²) in [4.78, 5) is 16.7. The largest absolute Gasteiger partial charge is 0.308 e. The number of anilines is 1. The second-order valence-corrected chi connectivity index (χ2v) is 8.69. The third-order valence-corrected chi connectivity index (χ3v) is 5.97. The number of pyridine rings is 1. The fourth-order valence-electron chi connectivity index (χ4n) is 3.41. The average molecular weight is 472 g/mol. The molecule has 2 aromatic heterocycles. The van der Waals surface area contributed by atoms with Crippen molar-refractivity contribution in [2.75, 3.05) is 11.6 Å². The van der Waals surface area contributed by atoms with Gasteiger partial charge in [0.1, 0.15) is 5.84 Å². The minimum Gasteiger partial charge on any atom is -0.308 e. The molecular weight excluding hydrogens is 449 g/mol. The van der Waals surface area contributed by atoms with E-state index in [1.54, 1.807) is 36.7 Å². The zero-order valence-corrected chi connectivity index (χ0v) is 19.3. The van der Waals surface area contributed by atoms with Gasteiger partial charge in [-0.05, 0) is 57.0 Å². The van der Waals surface area contributed by atoms with Crippen molar-refractivity contribution in [2.24, 2.45) is 11.0 Å². The molecule has 0 saturated carbocycles. The highest BCUT2D eigenvalue weighted by atomic mass is 35.5. The Bertz CT molecular complexity index is 1130. The summed E-state index contributed by atoms with van der Waals surface area (Å²) in [7, 11) is 0. The summed E-state index contributed by atoms with van der Waals surface area (Å²) in [6.07, 6.45) is 6.61. The molecule has 1 aromatic carbocycles. The van der Waals surface area contributed by atoms with E-state index in [4.69, 9.17) is 23.2 Å². The van der Waals surface area contributed by atoms with Gasteiger partial charge in [-0.1, -0.05) is 28.4 Å². The Morgan fingerprint density at radius 2 is 1.97 bits per heavy atom. The first kappa shape index (κ1) is 22.2. The van der Waals surface area contributed by atoms with Gasteiger partial charge < -0.3 is 5.32 Å². The summed E-state index contributed by atoms with van der Waals surface area (Å²) in [6.45, 7) is 4.72. The Morgan fingerprint density at radius 3 is 2.66 bits per heavy atom. The predicted molar refractivity (Wildman–Crippen MR) is 125 cm³/mol. The first-order chi connectivity index (χ1) is 15.4. The van der Waals surface area contributed by atoms with E-state index in [1.807, 2.05) is 22.0 Å². The molecule has 0 fully saturated rings. The molecule has 1 atom stereocenters. The van der Waals surface area contributed by atoms with Gasteiger partial charge in [0, 0.05) is 36.1 Å². The van der Waals surface area contributed by atoms with Crippen molar-refractivity contribution < 1.29 is 4.79 Å². The smallest absolute Gasteiger partial charge is 0.256 e. The molecule has 0 spiro atoms. The number of hydrogen-bond acceptors (Lipinski definition) is 6. The molecule has 0 radical (unpaired) electrons. The standard InChI is InChI=1S/C22H23Cl2N7O/c1-14(2)30-13-17(27-29-30)4-3-16-12-31(18-5-6-19(23)20(24)11-18)28-21(16)26-22(32)15-7-9-25-10-8-15/h5-11,13-14,16H,3-4,12H2,1-2H3,(H,26,28,32)/t16-/m0/s1. The van der Waals surface area contributed by atoms with Crippen LogP contribution in [0.2, 0.25) is 10.0 Å². The van der Waals surface area contributed by atoms with Crippen molar-refractivity contribution in [2.45, 2.75) is 32.7 Å². The van der Waals surface area contributed by atoms with Crippen LogP contribution in [0.25, 0.3) is 0 Å². The van der Waals surface area contributed by atoms with E-state index < -0.39 is 0 Å². The van der Waals surface area contributed by atoms with Crippen molar-refractivity contribution in [1.29, 1.82) is 0 Å². The van der Waals surface area contributed by atoms with E-state index in [2.05, 4.69) is 39.6 Å². The number of amidine groups is 1. The second kappa shape index (κ2) is 9.67. The molecule has 10 heteroatoms. The maximum atomic E-state index is 12.7. The Labute approximate surface area is 196 Å². The van der Waals surface area contributed by atoms with E-state index in [-0.39, 0.29) is 17.9 Å². The molecule has 1 aliphatic rings. The van der Waals surface area contributed by atoms with Gasteiger partial charge in [-0.2, -0.15) is 5.10 Å². The molecule has 1 amide bonds. The fraction of sp³-hybridized carbons (Fsp3) is 0.318. The van der Waals surface area contributed by atoms with Crippen LogP contribution in [0.5, 0.6) is 0 Å². The third-order valence-electron chi connectivity index (χ3n) is 5.23. The van der Waals surface area contributed by atoms with Crippen molar-refractivity contribution in [3.05, 3.63) is 70.2 Å². The summed E-state index contributed by atoms with van der Waals surface area (Å²) in [5.74, 6) is 0.381. The van der Waals surface area contributed by atoms with E-state index >= 15 is 0 Å². The number of rotatable bonds is 6. The van der Waals surface area contributed by atoms with E-state index in [0.29, 0.717) is 28.0 Å². The van der Waals surface area contributed by atoms with Crippen LogP contribution in [0.4, 0.5) is 5.69 Å². The number of aryl methyl sites for hydroxylation is 1. The van der Waals surface area contributed by atoms with Crippen molar-refractivity contribution in [3.63, 3.8) is 0 Å². The molecule has 4 rings (SSSR count). The highest BCUT2D eigenvalue weighted by Crippen LogP contribution is 2.30. The number of nitrogens with zero attached hydrogens (tertiary/aromatic N) is 6. The van der Waals surface area contributed by atoms with Crippen LogP contribution < -0.4 is 10.3 Å². The van der Waals surface area contributed by atoms with Crippen molar-refractivity contribution in [1.82, 2.24) is 25.3 Å². The van der Waals surface area contributed by atoms with Crippen molar-refractivity contribution >= 4 is 40.6 Å². The van der Waals surface area contributed by atoms with Gasteiger partial charge in [-0.3, -0.25) is 14.8 Å². The molecule has 0 bridgehead atoms. The molecular formula is C22H23Cl2N7O. The number of carbonyl (C=O) groups is 1. The topological polar surface area (TPSA) is 88.3 Å². The van der Waals surface area contributed by atoms with Crippen LogP contribution in [0.1, 0.15) is 42.4 Å². The third kappa shape index (κ3) is 5.08. The normalized spacial score (nSPS) is 15.8. The quantitative estimate of drug-likeness (QED) is 0.576. The number of nitrogens with one attached hydrogen (secondary N) is 1. The van der Waals surface area contributed by atoms with E-state index in [0.717, 1.165) is 24.2 Å². The van der Waals surface area contributed by atoms with Gasteiger partial charge in [0.25, 0.3) is 5.91 Å². The van der Waals surface area contributed by atoms with Gasteiger partial charge in [-0.25, -0.2) is 4.68 Å². The van der Waals surface area contributed by atoms with Gasteiger partial charge in [0.15, 0.2) is 0 Å².